The Hall–Kier alpha value is -1.89. The van der Waals surface area contributed by atoms with Crippen molar-refractivity contribution < 1.29 is 17.9 Å². The first kappa shape index (κ1) is 17.9. The third kappa shape index (κ3) is 3.56. The fraction of sp³-hybridized carbons (Fsp3) is 0.278. The average molecular weight is 380 g/mol. The van der Waals surface area contributed by atoms with Crippen molar-refractivity contribution in [3.8, 4) is 5.75 Å². The summed E-state index contributed by atoms with van der Waals surface area (Å²) in [6, 6.07) is 12.1. The van der Waals surface area contributed by atoms with Crippen molar-refractivity contribution in [1.29, 1.82) is 0 Å². The van der Waals surface area contributed by atoms with Gasteiger partial charge in [-0.2, -0.15) is 4.31 Å². The van der Waals surface area contributed by atoms with Gasteiger partial charge in [-0.3, -0.25) is 4.79 Å². The second-order valence-corrected chi connectivity index (χ2v) is 8.15. The molecule has 1 aliphatic heterocycles. The zero-order valence-corrected chi connectivity index (χ0v) is 15.3. The Kier molecular flexibility index (Phi) is 5.13. The van der Waals surface area contributed by atoms with Gasteiger partial charge in [-0.05, 0) is 55.3 Å². The third-order valence-electron chi connectivity index (χ3n) is 4.28. The van der Waals surface area contributed by atoms with Gasteiger partial charge < -0.3 is 4.74 Å². The summed E-state index contributed by atoms with van der Waals surface area (Å²) in [4.78, 5) is 12.9. The Morgan fingerprint density at radius 3 is 2.56 bits per heavy atom. The molecule has 7 heteroatoms. The molecular weight excluding hydrogens is 362 g/mol. The number of sulfonamides is 1. The zero-order chi connectivity index (χ0) is 18.0. The van der Waals surface area contributed by atoms with Crippen LogP contribution in [-0.4, -0.2) is 38.2 Å². The van der Waals surface area contributed by atoms with Crippen LogP contribution in [-0.2, 0) is 10.0 Å². The number of hydrogen-bond donors (Lipinski definition) is 0. The van der Waals surface area contributed by atoms with E-state index in [9.17, 15) is 13.2 Å². The topological polar surface area (TPSA) is 63.7 Å². The Balaban J connectivity index is 1.90. The molecule has 0 N–H and O–H groups in total. The van der Waals surface area contributed by atoms with Crippen LogP contribution in [0, 0.1) is 0 Å². The number of rotatable bonds is 5. The molecule has 1 saturated heterocycles. The summed E-state index contributed by atoms with van der Waals surface area (Å²) in [5.74, 6) is 0.442. The van der Waals surface area contributed by atoms with E-state index in [0.29, 0.717) is 35.7 Å². The highest BCUT2D eigenvalue weighted by molar-refractivity contribution is 7.89. The summed E-state index contributed by atoms with van der Waals surface area (Å²) >= 11 is 5.92. The molecular formula is C18H18ClNO4S. The van der Waals surface area contributed by atoms with E-state index in [1.807, 2.05) is 0 Å². The van der Waals surface area contributed by atoms with Crippen LogP contribution in [0.25, 0.3) is 0 Å². The third-order valence-corrected chi connectivity index (χ3v) is 6.42. The van der Waals surface area contributed by atoms with E-state index in [1.54, 1.807) is 43.5 Å². The molecule has 3 rings (SSSR count). The van der Waals surface area contributed by atoms with Crippen molar-refractivity contribution in [3.63, 3.8) is 0 Å². The lowest BCUT2D eigenvalue weighted by Gasteiger charge is -2.23. The summed E-state index contributed by atoms with van der Waals surface area (Å²) in [7, 11) is -2.22. The number of carbonyl (C=O) groups is 1. The van der Waals surface area contributed by atoms with Crippen LogP contribution in [0.2, 0.25) is 5.02 Å². The van der Waals surface area contributed by atoms with Crippen molar-refractivity contribution in [3.05, 3.63) is 59.1 Å². The second-order valence-electron chi connectivity index (χ2n) is 5.82. The van der Waals surface area contributed by atoms with Gasteiger partial charge in [0.25, 0.3) is 0 Å². The molecule has 0 spiro atoms. The summed E-state index contributed by atoms with van der Waals surface area (Å²) in [5.41, 5.74) is 0.471. The van der Waals surface area contributed by atoms with E-state index in [2.05, 4.69) is 0 Å². The number of ketones is 1. The highest BCUT2D eigenvalue weighted by Crippen LogP contribution is 2.29. The van der Waals surface area contributed by atoms with Crippen molar-refractivity contribution in [2.75, 3.05) is 13.7 Å². The van der Waals surface area contributed by atoms with Gasteiger partial charge in [-0.15, -0.1) is 0 Å². The van der Waals surface area contributed by atoms with Crippen molar-refractivity contribution in [2.24, 2.45) is 0 Å². The van der Waals surface area contributed by atoms with Crippen molar-refractivity contribution in [1.82, 2.24) is 4.31 Å². The molecule has 1 aliphatic rings. The van der Waals surface area contributed by atoms with E-state index in [4.69, 9.17) is 16.3 Å². The first-order valence-corrected chi connectivity index (χ1v) is 9.71. The molecule has 1 heterocycles. The molecule has 0 aromatic heterocycles. The second kappa shape index (κ2) is 7.15. The minimum absolute atomic E-state index is 0.106. The van der Waals surface area contributed by atoms with Gasteiger partial charge in [0.05, 0.1) is 18.0 Å². The normalized spacial score (nSPS) is 18.2. The number of ether oxygens (including phenoxy) is 1. The Morgan fingerprint density at radius 1 is 1.20 bits per heavy atom. The average Bonchev–Trinajstić information content (AvgIpc) is 3.12. The number of Topliss-reactive ketones (excluding diaryl/α,β-unsaturated/α-hetero) is 1. The van der Waals surface area contributed by atoms with Crippen LogP contribution >= 0.6 is 11.6 Å². The minimum Gasteiger partial charge on any atom is -0.497 e. The summed E-state index contributed by atoms with van der Waals surface area (Å²) in [5, 5.41) is 0.346. The largest absolute Gasteiger partial charge is 0.497 e. The first-order chi connectivity index (χ1) is 11.9. The zero-order valence-electron chi connectivity index (χ0n) is 13.7. The van der Waals surface area contributed by atoms with Gasteiger partial charge in [0.2, 0.25) is 10.0 Å². The first-order valence-electron chi connectivity index (χ1n) is 7.89. The van der Waals surface area contributed by atoms with Crippen molar-refractivity contribution >= 4 is 27.4 Å². The molecule has 1 unspecified atom stereocenters. The van der Waals surface area contributed by atoms with Crippen LogP contribution in [0.3, 0.4) is 0 Å². The fourth-order valence-corrected chi connectivity index (χ4v) is 4.96. The number of benzene rings is 2. The lowest BCUT2D eigenvalue weighted by Crippen LogP contribution is -2.40. The lowest BCUT2D eigenvalue weighted by molar-refractivity contribution is 0.0918. The standard InChI is InChI=1S/C18H18ClNO4S/c1-24-15-9-7-13(8-10-15)18(21)17-6-3-11-20(17)25(22,23)16-5-2-4-14(19)12-16/h2,4-5,7-10,12,17H,3,6,11H2,1H3. The van der Waals surface area contributed by atoms with E-state index in [1.165, 1.54) is 16.4 Å². The maximum atomic E-state index is 12.9. The highest BCUT2D eigenvalue weighted by Gasteiger charge is 2.39. The lowest BCUT2D eigenvalue weighted by atomic mass is 10.0. The maximum Gasteiger partial charge on any atom is 0.243 e. The van der Waals surface area contributed by atoms with E-state index in [-0.39, 0.29) is 10.7 Å². The van der Waals surface area contributed by atoms with Gasteiger partial charge in [0.1, 0.15) is 5.75 Å². The van der Waals surface area contributed by atoms with Gasteiger partial charge in [0.15, 0.2) is 5.78 Å². The molecule has 0 radical (unpaired) electrons. The molecule has 0 bridgehead atoms. The minimum atomic E-state index is -3.77. The van der Waals surface area contributed by atoms with Crippen LogP contribution in [0.15, 0.2) is 53.4 Å². The molecule has 5 nitrogen and oxygen atoms in total. The number of methoxy groups -OCH3 is 1. The summed E-state index contributed by atoms with van der Waals surface area (Å²) in [6.45, 7) is 0.321. The van der Waals surface area contributed by atoms with E-state index in [0.717, 1.165) is 0 Å². The van der Waals surface area contributed by atoms with E-state index < -0.39 is 16.1 Å². The number of hydrogen-bond acceptors (Lipinski definition) is 4. The molecule has 0 aliphatic carbocycles. The molecule has 132 valence electrons. The summed E-state index contributed by atoms with van der Waals surface area (Å²) < 4.78 is 32.2. The molecule has 25 heavy (non-hydrogen) atoms. The molecule has 2 aromatic carbocycles. The molecule has 0 saturated carbocycles. The van der Waals surface area contributed by atoms with Gasteiger partial charge >= 0.3 is 0 Å². The molecule has 1 fully saturated rings. The van der Waals surface area contributed by atoms with Crippen LogP contribution < -0.4 is 4.74 Å². The fourth-order valence-electron chi connectivity index (χ4n) is 3.00. The highest BCUT2D eigenvalue weighted by atomic mass is 35.5. The predicted octanol–water partition coefficient (Wildman–Crippen LogP) is 3.38. The Morgan fingerprint density at radius 2 is 1.92 bits per heavy atom. The Labute approximate surface area is 152 Å². The van der Waals surface area contributed by atoms with Gasteiger partial charge in [-0.1, -0.05) is 17.7 Å². The SMILES string of the molecule is COc1ccc(C(=O)C2CCCN2S(=O)(=O)c2cccc(Cl)c2)cc1. The van der Waals surface area contributed by atoms with Gasteiger partial charge in [-0.25, -0.2) is 8.42 Å². The number of nitrogens with zero attached hydrogens (tertiary/aromatic N) is 1. The molecule has 2 aromatic rings. The van der Waals surface area contributed by atoms with Gasteiger partial charge in [0, 0.05) is 17.1 Å². The maximum absolute atomic E-state index is 12.9. The smallest absolute Gasteiger partial charge is 0.243 e. The van der Waals surface area contributed by atoms with Crippen LogP contribution in [0.1, 0.15) is 23.2 Å². The van der Waals surface area contributed by atoms with E-state index >= 15 is 0 Å². The number of halogens is 1. The molecule has 0 amide bonds. The Bertz CT molecular complexity index is 880. The van der Waals surface area contributed by atoms with Crippen molar-refractivity contribution in [2.45, 2.75) is 23.8 Å². The monoisotopic (exact) mass is 379 g/mol. The quantitative estimate of drug-likeness (QED) is 0.747. The van der Waals surface area contributed by atoms with Crippen LogP contribution in [0.5, 0.6) is 5.75 Å². The van der Waals surface area contributed by atoms with Crippen LogP contribution in [0.4, 0.5) is 0 Å². The predicted molar refractivity (Wildman–Crippen MR) is 95.7 cm³/mol. The number of carbonyl (C=O) groups excluding carboxylic acids is 1. The molecule has 1 atom stereocenters. The summed E-state index contributed by atoms with van der Waals surface area (Å²) in [6.07, 6.45) is 1.15.